The second kappa shape index (κ2) is 5.03. The van der Waals surface area contributed by atoms with Crippen molar-refractivity contribution in [2.24, 2.45) is 0 Å². The minimum atomic E-state index is -0.195. The van der Waals surface area contributed by atoms with Crippen molar-refractivity contribution < 1.29 is 0 Å². The van der Waals surface area contributed by atoms with Crippen LogP contribution in [0.2, 0.25) is 0 Å². The third kappa shape index (κ3) is 2.75. The lowest BCUT2D eigenvalue weighted by atomic mass is 10.2. The molecule has 1 aromatic rings. The Morgan fingerprint density at radius 3 is 3.33 bits per heavy atom. The predicted octanol–water partition coefficient (Wildman–Crippen LogP) is 1.84. The zero-order valence-corrected chi connectivity index (χ0v) is 10.5. The molecule has 0 amide bonds. The summed E-state index contributed by atoms with van der Waals surface area (Å²) in [6, 6.07) is 0. The van der Waals surface area contributed by atoms with Crippen LogP contribution in [0, 0.1) is 0 Å². The molecule has 1 aliphatic rings. The maximum absolute atomic E-state index is 11.2. The third-order valence-corrected chi connectivity index (χ3v) is 4.53. The topological polar surface area (TPSA) is 57.8 Å². The van der Waals surface area contributed by atoms with Gasteiger partial charge >= 0.3 is 0 Å². The highest BCUT2D eigenvalue weighted by Gasteiger charge is 2.15. The summed E-state index contributed by atoms with van der Waals surface area (Å²) in [5, 5.41) is 10.0. The average molecular weight is 290 g/mol. The van der Waals surface area contributed by atoms with Crippen LogP contribution in [0.3, 0.4) is 0 Å². The molecule has 1 aromatic heterocycles. The lowest BCUT2D eigenvalue weighted by Crippen LogP contribution is -2.17. The van der Waals surface area contributed by atoms with Crippen molar-refractivity contribution in [3.8, 4) is 0 Å². The Kier molecular flexibility index (Phi) is 3.69. The molecule has 15 heavy (non-hydrogen) atoms. The fourth-order valence-electron chi connectivity index (χ4n) is 1.54. The highest BCUT2D eigenvalue weighted by atomic mass is 79.9. The lowest BCUT2D eigenvalue weighted by molar-refractivity contribution is 0.804. The maximum atomic E-state index is 11.2. The van der Waals surface area contributed by atoms with E-state index in [0.717, 1.165) is 12.2 Å². The largest absolute Gasteiger partial charge is 0.382 e. The molecule has 1 fully saturated rings. The van der Waals surface area contributed by atoms with Crippen LogP contribution >= 0.6 is 27.7 Å². The van der Waals surface area contributed by atoms with Crippen LogP contribution in [0.4, 0.5) is 5.69 Å². The number of hydrogen-bond acceptors (Lipinski definition) is 4. The maximum Gasteiger partial charge on any atom is 0.280 e. The summed E-state index contributed by atoms with van der Waals surface area (Å²) in [6.07, 6.45) is 4.18. The number of halogens is 1. The number of anilines is 1. The predicted molar refractivity (Wildman–Crippen MR) is 66.5 cm³/mol. The van der Waals surface area contributed by atoms with Gasteiger partial charge < -0.3 is 5.32 Å². The van der Waals surface area contributed by atoms with E-state index in [2.05, 4.69) is 31.4 Å². The lowest BCUT2D eigenvalue weighted by Gasteiger charge is -2.11. The smallest absolute Gasteiger partial charge is 0.280 e. The highest BCUT2D eigenvalue weighted by Crippen LogP contribution is 2.26. The molecule has 1 atom stereocenters. The van der Waals surface area contributed by atoms with E-state index in [9.17, 15) is 4.79 Å². The van der Waals surface area contributed by atoms with Crippen molar-refractivity contribution in [3.63, 3.8) is 0 Å². The monoisotopic (exact) mass is 289 g/mol. The number of aromatic nitrogens is 2. The second-order valence-electron chi connectivity index (χ2n) is 3.44. The number of rotatable bonds is 3. The average Bonchev–Trinajstić information content (AvgIpc) is 2.73. The van der Waals surface area contributed by atoms with Crippen molar-refractivity contribution in [3.05, 3.63) is 21.0 Å². The molecular weight excluding hydrogens is 278 g/mol. The Morgan fingerprint density at radius 2 is 2.60 bits per heavy atom. The Hall–Kier alpha value is -0.490. The van der Waals surface area contributed by atoms with Crippen LogP contribution in [0.25, 0.3) is 0 Å². The summed E-state index contributed by atoms with van der Waals surface area (Å²) in [5.41, 5.74) is 0.574. The number of H-pyrrole nitrogens is 1. The first kappa shape index (κ1) is 11.0. The summed E-state index contributed by atoms with van der Waals surface area (Å²) < 4.78 is 0.528. The molecule has 0 radical (unpaired) electrons. The van der Waals surface area contributed by atoms with E-state index in [1.165, 1.54) is 18.6 Å². The van der Waals surface area contributed by atoms with E-state index in [4.69, 9.17) is 0 Å². The van der Waals surface area contributed by atoms with Gasteiger partial charge in [-0.1, -0.05) is 0 Å². The van der Waals surface area contributed by atoms with Crippen molar-refractivity contribution in [1.82, 2.24) is 10.2 Å². The normalized spacial score (nSPS) is 20.5. The van der Waals surface area contributed by atoms with Crippen molar-refractivity contribution in [2.75, 3.05) is 17.6 Å². The molecule has 0 aromatic carbocycles. The van der Waals surface area contributed by atoms with E-state index in [0.29, 0.717) is 9.72 Å². The van der Waals surface area contributed by atoms with Crippen LogP contribution in [0.5, 0.6) is 0 Å². The van der Waals surface area contributed by atoms with Crippen LogP contribution in [0.1, 0.15) is 12.8 Å². The minimum absolute atomic E-state index is 0.195. The van der Waals surface area contributed by atoms with Crippen LogP contribution < -0.4 is 10.9 Å². The Morgan fingerprint density at radius 1 is 1.73 bits per heavy atom. The van der Waals surface area contributed by atoms with Gasteiger partial charge in [-0.2, -0.15) is 16.9 Å². The molecule has 0 saturated carbocycles. The second-order valence-corrected chi connectivity index (χ2v) is 5.64. The molecule has 1 aliphatic heterocycles. The number of aromatic amines is 1. The van der Waals surface area contributed by atoms with Crippen molar-refractivity contribution in [1.29, 1.82) is 0 Å². The molecule has 2 heterocycles. The summed E-state index contributed by atoms with van der Waals surface area (Å²) in [4.78, 5) is 11.2. The summed E-state index contributed by atoms with van der Waals surface area (Å²) >= 11 is 5.22. The van der Waals surface area contributed by atoms with Gasteiger partial charge in [0.2, 0.25) is 0 Å². The van der Waals surface area contributed by atoms with E-state index >= 15 is 0 Å². The fraction of sp³-hybridized carbons (Fsp3) is 0.556. The van der Waals surface area contributed by atoms with E-state index in [1.54, 1.807) is 6.20 Å². The molecule has 0 aliphatic carbocycles. The van der Waals surface area contributed by atoms with Crippen LogP contribution in [-0.4, -0.2) is 27.7 Å². The third-order valence-electron chi connectivity index (χ3n) is 2.34. The Bertz CT molecular complexity index is 389. The standard InChI is InChI=1S/C9H12BrN3OS/c10-8-7(5-12-13-9(8)14)11-4-6-2-1-3-15-6/h5-6H,1-4H2,(H2,11,13,14). The van der Waals surface area contributed by atoms with Gasteiger partial charge in [-0.05, 0) is 34.5 Å². The molecule has 1 unspecified atom stereocenters. The van der Waals surface area contributed by atoms with Gasteiger partial charge in [-0.15, -0.1) is 0 Å². The van der Waals surface area contributed by atoms with Gasteiger partial charge in [-0.25, -0.2) is 5.10 Å². The molecular formula is C9H12BrN3OS. The van der Waals surface area contributed by atoms with E-state index < -0.39 is 0 Å². The first-order chi connectivity index (χ1) is 7.27. The summed E-state index contributed by atoms with van der Waals surface area (Å²) in [5.74, 6) is 1.25. The van der Waals surface area contributed by atoms with Gasteiger partial charge in [0.25, 0.3) is 5.56 Å². The first-order valence-corrected chi connectivity index (χ1v) is 6.70. The summed E-state index contributed by atoms with van der Waals surface area (Å²) in [6.45, 7) is 0.897. The fourth-order valence-corrected chi connectivity index (χ4v) is 3.07. The quantitative estimate of drug-likeness (QED) is 0.892. The molecule has 1 saturated heterocycles. The molecule has 6 heteroatoms. The SMILES string of the molecule is O=c1[nH]ncc(NCC2CCCS2)c1Br. The zero-order chi connectivity index (χ0) is 10.7. The highest BCUT2D eigenvalue weighted by molar-refractivity contribution is 9.10. The number of hydrogen-bond donors (Lipinski definition) is 2. The Balaban J connectivity index is 1.98. The molecule has 0 spiro atoms. The number of nitrogens with one attached hydrogen (secondary N) is 2. The molecule has 82 valence electrons. The molecule has 2 N–H and O–H groups in total. The Labute approximate surface area is 100 Å². The van der Waals surface area contributed by atoms with E-state index in [1.807, 2.05) is 11.8 Å². The van der Waals surface area contributed by atoms with Gasteiger partial charge in [0, 0.05) is 11.8 Å². The number of thioether (sulfide) groups is 1. The molecule has 2 rings (SSSR count). The number of nitrogens with zero attached hydrogens (tertiary/aromatic N) is 1. The van der Waals surface area contributed by atoms with Crippen molar-refractivity contribution in [2.45, 2.75) is 18.1 Å². The van der Waals surface area contributed by atoms with Crippen molar-refractivity contribution >= 4 is 33.4 Å². The molecule has 4 nitrogen and oxygen atoms in total. The molecule has 0 bridgehead atoms. The minimum Gasteiger partial charge on any atom is -0.382 e. The van der Waals surface area contributed by atoms with Gasteiger partial charge in [-0.3, -0.25) is 4.79 Å². The van der Waals surface area contributed by atoms with Gasteiger partial charge in [0.1, 0.15) is 4.47 Å². The zero-order valence-electron chi connectivity index (χ0n) is 8.12. The summed E-state index contributed by atoms with van der Waals surface area (Å²) in [7, 11) is 0. The van der Waals surface area contributed by atoms with Gasteiger partial charge in [0.05, 0.1) is 11.9 Å². The van der Waals surface area contributed by atoms with Crippen LogP contribution in [0.15, 0.2) is 15.5 Å². The van der Waals surface area contributed by atoms with Crippen LogP contribution in [-0.2, 0) is 0 Å². The first-order valence-electron chi connectivity index (χ1n) is 4.86. The van der Waals surface area contributed by atoms with Gasteiger partial charge in [0.15, 0.2) is 0 Å². The van der Waals surface area contributed by atoms with E-state index in [-0.39, 0.29) is 5.56 Å².